The highest BCUT2D eigenvalue weighted by Gasteiger charge is 2.08. The van der Waals surface area contributed by atoms with Gasteiger partial charge in [-0.05, 0) is 0 Å². The van der Waals surface area contributed by atoms with Gasteiger partial charge < -0.3 is 10.6 Å². The monoisotopic (exact) mass is 130 g/mol. The summed E-state index contributed by atoms with van der Waals surface area (Å²) in [6, 6.07) is -0.179. The van der Waals surface area contributed by atoms with E-state index >= 15 is 0 Å². The van der Waals surface area contributed by atoms with E-state index in [0.29, 0.717) is 11.5 Å². The smallest absolute Gasteiger partial charge is 0.319 e. The molecule has 1 fully saturated rings. The molecule has 3 nitrogen and oxygen atoms in total. The molecule has 0 atom stereocenters. The first-order valence-corrected chi connectivity index (χ1v) is 2.77. The van der Waals surface area contributed by atoms with Crippen LogP contribution in [0.25, 0.3) is 0 Å². The quantitative estimate of drug-likeness (QED) is 0.454. The second kappa shape index (κ2) is 2.09. The van der Waals surface area contributed by atoms with Crippen LogP contribution in [0.5, 0.6) is 0 Å². The van der Waals surface area contributed by atoms with Gasteiger partial charge in [-0.3, -0.25) is 0 Å². The number of hydrogen-bond donors (Lipinski definition) is 2. The molecule has 1 rings (SSSR count). The summed E-state index contributed by atoms with van der Waals surface area (Å²) in [5.74, 6) is 0. The van der Waals surface area contributed by atoms with E-state index < -0.39 is 0 Å². The van der Waals surface area contributed by atoms with Crippen molar-refractivity contribution in [2.24, 2.45) is 0 Å². The molecule has 1 saturated heterocycles. The van der Waals surface area contributed by atoms with Gasteiger partial charge in [0.25, 0.3) is 0 Å². The maximum Gasteiger partial charge on any atom is 0.319 e. The van der Waals surface area contributed by atoms with Gasteiger partial charge in [0.2, 0.25) is 0 Å². The van der Waals surface area contributed by atoms with Crippen molar-refractivity contribution < 1.29 is 4.79 Å². The number of carbonyl (C=O) groups is 1. The number of carbonyl (C=O) groups excluding carboxylic acids is 1. The molecular formula is C4H6N2OS. The molecule has 0 aliphatic carbocycles. The molecule has 1 aliphatic rings. The Kier molecular flexibility index (Phi) is 1.43. The van der Waals surface area contributed by atoms with Crippen molar-refractivity contribution in [3.8, 4) is 0 Å². The minimum Gasteiger partial charge on any atom is -0.337 e. The summed E-state index contributed by atoms with van der Waals surface area (Å²) in [6.07, 6.45) is 0.765. The highest BCUT2D eigenvalue weighted by atomic mass is 32.1. The third-order valence-corrected chi connectivity index (χ3v) is 1.20. The molecule has 0 saturated carbocycles. The zero-order valence-electron chi connectivity index (χ0n) is 4.23. The van der Waals surface area contributed by atoms with Gasteiger partial charge in [-0.25, -0.2) is 4.79 Å². The fourth-order valence-corrected chi connectivity index (χ4v) is 0.718. The summed E-state index contributed by atoms with van der Waals surface area (Å²) in [5, 5.41) is 5.04. The topological polar surface area (TPSA) is 41.1 Å². The summed E-state index contributed by atoms with van der Waals surface area (Å²) in [4.78, 5) is 11.0. The predicted molar refractivity (Wildman–Crippen MR) is 33.7 cm³/mol. The van der Waals surface area contributed by atoms with Crippen LogP contribution in [0.2, 0.25) is 0 Å². The van der Waals surface area contributed by atoms with Crippen molar-refractivity contribution in [2.75, 3.05) is 6.54 Å². The van der Waals surface area contributed by atoms with E-state index in [1.165, 1.54) is 0 Å². The van der Waals surface area contributed by atoms with Crippen LogP contribution in [-0.2, 0) is 0 Å². The first-order valence-electron chi connectivity index (χ1n) is 2.37. The molecule has 0 spiro atoms. The van der Waals surface area contributed by atoms with E-state index in [2.05, 4.69) is 10.6 Å². The standard InChI is InChI=1S/C4H6N2OS/c7-4-5-2-1-3(8)6-4/h1-2H2,(H2,5,6,7,8). The summed E-state index contributed by atoms with van der Waals surface area (Å²) in [7, 11) is 0. The van der Waals surface area contributed by atoms with Crippen LogP contribution < -0.4 is 10.6 Å². The molecule has 8 heavy (non-hydrogen) atoms. The Morgan fingerprint density at radius 3 is 2.75 bits per heavy atom. The van der Waals surface area contributed by atoms with E-state index in [0.717, 1.165) is 6.42 Å². The summed E-state index contributed by atoms with van der Waals surface area (Å²) >= 11 is 4.71. The van der Waals surface area contributed by atoms with Crippen LogP contribution in [0.4, 0.5) is 4.79 Å². The van der Waals surface area contributed by atoms with E-state index in [1.807, 2.05) is 0 Å². The summed E-state index contributed by atoms with van der Waals surface area (Å²) in [5.41, 5.74) is 0. The van der Waals surface area contributed by atoms with Crippen LogP contribution in [0.3, 0.4) is 0 Å². The van der Waals surface area contributed by atoms with Crippen LogP contribution in [-0.4, -0.2) is 17.6 Å². The average molecular weight is 130 g/mol. The lowest BCUT2D eigenvalue weighted by Gasteiger charge is -2.13. The van der Waals surface area contributed by atoms with Crippen molar-refractivity contribution in [3.63, 3.8) is 0 Å². The lowest BCUT2D eigenvalue weighted by Crippen LogP contribution is -2.45. The molecule has 0 radical (unpaired) electrons. The first-order chi connectivity index (χ1) is 3.79. The second-order valence-corrected chi connectivity index (χ2v) is 2.05. The van der Waals surface area contributed by atoms with Gasteiger partial charge in [0.1, 0.15) is 0 Å². The Morgan fingerprint density at radius 2 is 2.38 bits per heavy atom. The molecule has 0 aromatic heterocycles. The number of nitrogens with one attached hydrogen (secondary N) is 2. The molecule has 1 aliphatic heterocycles. The number of hydrogen-bond acceptors (Lipinski definition) is 2. The predicted octanol–water partition coefficient (Wildman–Crippen LogP) is 0.0167. The fourth-order valence-electron chi connectivity index (χ4n) is 0.523. The number of amides is 2. The third kappa shape index (κ3) is 1.16. The summed E-state index contributed by atoms with van der Waals surface area (Å²) < 4.78 is 0. The van der Waals surface area contributed by atoms with Gasteiger partial charge in [-0.2, -0.15) is 0 Å². The van der Waals surface area contributed by atoms with Crippen LogP contribution >= 0.6 is 12.2 Å². The van der Waals surface area contributed by atoms with Crippen molar-refractivity contribution in [3.05, 3.63) is 0 Å². The first kappa shape index (κ1) is 5.50. The van der Waals surface area contributed by atoms with E-state index in [4.69, 9.17) is 12.2 Å². The maximum atomic E-state index is 10.4. The molecule has 4 heteroatoms. The van der Waals surface area contributed by atoms with E-state index in [1.54, 1.807) is 0 Å². The number of thiocarbonyl (C=S) groups is 1. The molecule has 2 amide bonds. The minimum absolute atomic E-state index is 0.179. The maximum absolute atomic E-state index is 10.4. The van der Waals surface area contributed by atoms with Crippen molar-refractivity contribution in [1.82, 2.24) is 10.6 Å². The summed E-state index contributed by atoms with van der Waals surface area (Å²) in [6.45, 7) is 0.671. The lowest BCUT2D eigenvalue weighted by atomic mass is 10.4. The van der Waals surface area contributed by atoms with Crippen molar-refractivity contribution in [1.29, 1.82) is 0 Å². The Balaban J connectivity index is 2.45. The molecule has 0 bridgehead atoms. The highest BCUT2D eigenvalue weighted by molar-refractivity contribution is 7.80. The Labute approximate surface area is 52.4 Å². The van der Waals surface area contributed by atoms with E-state index in [9.17, 15) is 4.79 Å². The molecule has 0 aromatic carbocycles. The van der Waals surface area contributed by atoms with Gasteiger partial charge in [0.05, 0.1) is 4.99 Å². The molecule has 0 unspecified atom stereocenters. The number of urea groups is 1. The average Bonchev–Trinajstić information content (AvgIpc) is 1.64. The van der Waals surface area contributed by atoms with Crippen LogP contribution in [0.15, 0.2) is 0 Å². The molecule has 2 N–H and O–H groups in total. The van der Waals surface area contributed by atoms with Gasteiger partial charge in [-0.15, -0.1) is 0 Å². The van der Waals surface area contributed by atoms with Crippen molar-refractivity contribution in [2.45, 2.75) is 6.42 Å². The number of rotatable bonds is 0. The second-order valence-electron chi connectivity index (χ2n) is 1.55. The van der Waals surface area contributed by atoms with Gasteiger partial charge in [0.15, 0.2) is 0 Å². The Morgan fingerprint density at radius 1 is 1.62 bits per heavy atom. The van der Waals surface area contributed by atoms with Gasteiger partial charge >= 0.3 is 6.03 Å². The molecular weight excluding hydrogens is 124 g/mol. The Hall–Kier alpha value is -0.640. The van der Waals surface area contributed by atoms with E-state index in [-0.39, 0.29) is 6.03 Å². The van der Waals surface area contributed by atoms with Crippen LogP contribution in [0, 0.1) is 0 Å². The SMILES string of the molecule is O=C1NCCC(=S)N1. The molecule has 1 heterocycles. The fraction of sp³-hybridized carbons (Fsp3) is 0.500. The third-order valence-electron chi connectivity index (χ3n) is 0.891. The largest absolute Gasteiger partial charge is 0.337 e. The zero-order valence-corrected chi connectivity index (χ0v) is 5.05. The molecule has 44 valence electrons. The Bertz CT molecular complexity index is 120. The minimum atomic E-state index is -0.179. The van der Waals surface area contributed by atoms with Crippen molar-refractivity contribution >= 4 is 23.2 Å². The lowest BCUT2D eigenvalue weighted by molar-refractivity contribution is 0.244. The van der Waals surface area contributed by atoms with Crippen LogP contribution in [0.1, 0.15) is 6.42 Å². The molecule has 0 aromatic rings. The zero-order chi connectivity index (χ0) is 5.98. The van der Waals surface area contributed by atoms with Gasteiger partial charge in [-0.1, -0.05) is 12.2 Å². The normalized spacial score (nSPS) is 19.5. The van der Waals surface area contributed by atoms with Gasteiger partial charge in [0, 0.05) is 13.0 Å². The highest BCUT2D eigenvalue weighted by Crippen LogP contribution is 1.86.